The van der Waals surface area contributed by atoms with Crippen LogP contribution in [0.2, 0.25) is 0 Å². The van der Waals surface area contributed by atoms with Crippen LogP contribution in [0.3, 0.4) is 0 Å². The van der Waals surface area contributed by atoms with Crippen molar-refractivity contribution in [1.82, 2.24) is 10.3 Å². The van der Waals surface area contributed by atoms with Gasteiger partial charge in [-0.2, -0.15) is 0 Å². The Morgan fingerprint density at radius 1 is 1.50 bits per heavy atom. The number of nitrogens with zero attached hydrogens (tertiary/aromatic N) is 1. The summed E-state index contributed by atoms with van der Waals surface area (Å²) in [7, 11) is 1.66. The average Bonchev–Trinajstić information content (AvgIpc) is 2.29. The molecule has 0 saturated carbocycles. The number of halogens is 1. The molecule has 16 heavy (non-hydrogen) atoms. The molecule has 0 fully saturated rings. The molecule has 4 heteroatoms. The number of methoxy groups -OCH3 is 1. The summed E-state index contributed by atoms with van der Waals surface area (Å²) >= 11 is 0. The Bertz CT molecular complexity index is 320. The van der Waals surface area contributed by atoms with Crippen LogP contribution in [0, 0.1) is 5.82 Å². The minimum atomic E-state index is -0.240. The van der Waals surface area contributed by atoms with Gasteiger partial charge in [-0.1, -0.05) is 6.92 Å². The predicted molar refractivity (Wildman–Crippen MR) is 62.0 cm³/mol. The number of ether oxygens (including phenoxy) is 1. The van der Waals surface area contributed by atoms with Crippen molar-refractivity contribution in [3.63, 3.8) is 0 Å². The topological polar surface area (TPSA) is 34.1 Å². The Morgan fingerprint density at radius 3 is 2.88 bits per heavy atom. The molecule has 2 atom stereocenters. The number of rotatable bonds is 6. The number of hydrogen-bond acceptors (Lipinski definition) is 3. The van der Waals surface area contributed by atoms with Crippen LogP contribution in [-0.4, -0.2) is 31.3 Å². The molecule has 1 aromatic heterocycles. The number of hydrogen-bond donors (Lipinski definition) is 1. The SMILES string of the molecule is COCCNC(C)C(C)c1ccncc1F. The van der Waals surface area contributed by atoms with Crippen molar-refractivity contribution < 1.29 is 9.13 Å². The minimum Gasteiger partial charge on any atom is -0.383 e. The first-order chi connectivity index (χ1) is 7.66. The van der Waals surface area contributed by atoms with E-state index < -0.39 is 0 Å². The molecule has 1 N–H and O–H groups in total. The summed E-state index contributed by atoms with van der Waals surface area (Å²) in [6.07, 6.45) is 2.88. The maximum atomic E-state index is 13.5. The third kappa shape index (κ3) is 3.54. The number of pyridine rings is 1. The van der Waals surface area contributed by atoms with E-state index in [0.717, 1.165) is 6.54 Å². The van der Waals surface area contributed by atoms with Crippen LogP contribution in [0.5, 0.6) is 0 Å². The fraction of sp³-hybridized carbons (Fsp3) is 0.583. The summed E-state index contributed by atoms with van der Waals surface area (Å²) < 4.78 is 18.4. The molecule has 2 unspecified atom stereocenters. The van der Waals surface area contributed by atoms with Gasteiger partial charge in [0.25, 0.3) is 0 Å². The van der Waals surface area contributed by atoms with Gasteiger partial charge in [0.05, 0.1) is 12.8 Å². The summed E-state index contributed by atoms with van der Waals surface area (Å²) in [4.78, 5) is 3.75. The van der Waals surface area contributed by atoms with E-state index in [1.54, 1.807) is 19.4 Å². The molecular weight excluding hydrogens is 207 g/mol. The molecule has 0 amide bonds. The smallest absolute Gasteiger partial charge is 0.144 e. The van der Waals surface area contributed by atoms with Crippen molar-refractivity contribution in [2.45, 2.75) is 25.8 Å². The van der Waals surface area contributed by atoms with Gasteiger partial charge in [-0.15, -0.1) is 0 Å². The van der Waals surface area contributed by atoms with Crippen LogP contribution in [0.4, 0.5) is 4.39 Å². The zero-order chi connectivity index (χ0) is 12.0. The third-order valence-electron chi connectivity index (χ3n) is 2.82. The molecule has 0 bridgehead atoms. The van der Waals surface area contributed by atoms with Gasteiger partial charge >= 0.3 is 0 Å². The second-order valence-electron chi connectivity index (χ2n) is 3.92. The lowest BCUT2D eigenvalue weighted by Gasteiger charge is -2.21. The van der Waals surface area contributed by atoms with Gasteiger partial charge in [0.15, 0.2) is 0 Å². The third-order valence-corrected chi connectivity index (χ3v) is 2.82. The molecule has 0 radical (unpaired) electrons. The predicted octanol–water partition coefficient (Wildman–Crippen LogP) is 1.95. The second kappa shape index (κ2) is 6.55. The lowest BCUT2D eigenvalue weighted by atomic mass is 9.95. The molecule has 0 aliphatic heterocycles. The molecule has 3 nitrogen and oxygen atoms in total. The van der Waals surface area contributed by atoms with E-state index in [1.807, 2.05) is 13.8 Å². The summed E-state index contributed by atoms with van der Waals surface area (Å²) in [5.74, 6) is -0.129. The van der Waals surface area contributed by atoms with Gasteiger partial charge in [-0.25, -0.2) is 4.39 Å². The van der Waals surface area contributed by atoms with Gasteiger partial charge in [-0.05, 0) is 24.5 Å². The second-order valence-corrected chi connectivity index (χ2v) is 3.92. The van der Waals surface area contributed by atoms with Crippen LogP contribution in [0.25, 0.3) is 0 Å². The van der Waals surface area contributed by atoms with Crippen molar-refractivity contribution >= 4 is 0 Å². The van der Waals surface area contributed by atoms with E-state index >= 15 is 0 Å². The van der Waals surface area contributed by atoms with E-state index in [-0.39, 0.29) is 17.8 Å². The lowest BCUT2D eigenvalue weighted by molar-refractivity contribution is 0.195. The van der Waals surface area contributed by atoms with Gasteiger partial charge in [-0.3, -0.25) is 4.98 Å². The quantitative estimate of drug-likeness (QED) is 0.753. The van der Waals surface area contributed by atoms with Gasteiger partial charge in [0.2, 0.25) is 0 Å². The van der Waals surface area contributed by atoms with Crippen LogP contribution in [0.15, 0.2) is 18.5 Å². The van der Waals surface area contributed by atoms with E-state index in [4.69, 9.17) is 4.74 Å². The van der Waals surface area contributed by atoms with Gasteiger partial charge in [0, 0.05) is 25.9 Å². The summed E-state index contributed by atoms with van der Waals surface area (Å²) in [6.45, 7) is 5.48. The Morgan fingerprint density at radius 2 is 2.25 bits per heavy atom. The van der Waals surface area contributed by atoms with Crippen molar-refractivity contribution in [3.05, 3.63) is 29.8 Å². The first-order valence-corrected chi connectivity index (χ1v) is 5.48. The monoisotopic (exact) mass is 226 g/mol. The molecule has 0 saturated heterocycles. The van der Waals surface area contributed by atoms with E-state index in [1.165, 1.54) is 6.20 Å². The van der Waals surface area contributed by atoms with E-state index in [9.17, 15) is 4.39 Å². The molecule has 0 aromatic carbocycles. The fourth-order valence-electron chi connectivity index (χ4n) is 1.59. The van der Waals surface area contributed by atoms with Crippen LogP contribution in [-0.2, 0) is 4.74 Å². The average molecular weight is 226 g/mol. The molecule has 0 aliphatic carbocycles. The van der Waals surface area contributed by atoms with Crippen LogP contribution < -0.4 is 5.32 Å². The normalized spacial score (nSPS) is 14.8. The van der Waals surface area contributed by atoms with Gasteiger partial charge < -0.3 is 10.1 Å². The first-order valence-electron chi connectivity index (χ1n) is 5.48. The minimum absolute atomic E-state index is 0.111. The lowest BCUT2D eigenvalue weighted by Crippen LogP contribution is -2.33. The standard InChI is InChI=1S/C12H19FN2O/c1-9(10(2)15-6-7-16-3)11-4-5-14-8-12(11)13/h4-5,8-10,15H,6-7H2,1-3H3. The van der Waals surface area contributed by atoms with E-state index in [2.05, 4.69) is 10.3 Å². The van der Waals surface area contributed by atoms with Crippen molar-refractivity contribution in [1.29, 1.82) is 0 Å². The summed E-state index contributed by atoms with van der Waals surface area (Å²) in [5.41, 5.74) is 0.701. The Balaban J connectivity index is 2.56. The fourth-order valence-corrected chi connectivity index (χ4v) is 1.59. The summed E-state index contributed by atoms with van der Waals surface area (Å²) in [6, 6.07) is 1.93. The molecular formula is C12H19FN2O. The van der Waals surface area contributed by atoms with E-state index in [0.29, 0.717) is 12.2 Å². The molecule has 1 rings (SSSR count). The van der Waals surface area contributed by atoms with Crippen LogP contribution in [0.1, 0.15) is 25.3 Å². The Labute approximate surface area is 96.0 Å². The van der Waals surface area contributed by atoms with Crippen molar-refractivity contribution in [2.24, 2.45) is 0 Å². The van der Waals surface area contributed by atoms with Gasteiger partial charge in [0.1, 0.15) is 5.82 Å². The maximum absolute atomic E-state index is 13.5. The van der Waals surface area contributed by atoms with Crippen molar-refractivity contribution in [3.8, 4) is 0 Å². The van der Waals surface area contributed by atoms with Crippen molar-refractivity contribution in [2.75, 3.05) is 20.3 Å². The zero-order valence-corrected chi connectivity index (χ0v) is 10.0. The first kappa shape index (κ1) is 13.1. The Hall–Kier alpha value is -1.00. The molecule has 1 heterocycles. The highest BCUT2D eigenvalue weighted by Crippen LogP contribution is 2.20. The highest BCUT2D eigenvalue weighted by Gasteiger charge is 2.16. The highest BCUT2D eigenvalue weighted by molar-refractivity contribution is 5.18. The highest BCUT2D eigenvalue weighted by atomic mass is 19.1. The number of nitrogens with one attached hydrogen (secondary N) is 1. The molecule has 1 aromatic rings. The van der Waals surface area contributed by atoms with Crippen LogP contribution >= 0.6 is 0 Å². The Kier molecular flexibility index (Phi) is 5.35. The molecule has 0 aliphatic rings. The summed E-state index contributed by atoms with van der Waals surface area (Å²) in [5, 5.41) is 3.30. The largest absolute Gasteiger partial charge is 0.383 e. The molecule has 90 valence electrons. The number of aromatic nitrogens is 1. The zero-order valence-electron chi connectivity index (χ0n) is 10.0. The maximum Gasteiger partial charge on any atom is 0.144 e. The molecule has 0 spiro atoms.